The molecule has 0 heterocycles. The molecule has 0 aliphatic rings. The second-order valence-corrected chi connectivity index (χ2v) is 13.4. The Morgan fingerprint density at radius 1 is 0.489 bits per heavy atom. The number of carbonyl (C=O) groups is 2. The number of carbonyl (C=O) groups excluding carboxylic acids is 2. The summed E-state index contributed by atoms with van der Waals surface area (Å²) in [5.41, 5.74) is 0. The van der Waals surface area contributed by atoms with E-state index in [1.165, 1.54) is 148 Å². The molecule has 5 heteroatoms. The van der Waals surface area contributed by atoms with Gasteiger partial charge >= 0.3 is 11.9 Å². The molecule has 0 aromatic carbocycles. The summed E-state index contributed by atoms with van der Waals surface area (Å²) >= 11 is 0. The zero-order valence-electron chi connectivity index (χ0n) is 30.1. The SMILES string of the molecule is CCCCCC/C=C/CCCCCCCCCC(=O)OC[C@H](CO)OC(=O)CCCCCCCCCCCCCCCCCC. The van der Waals surface area contributed by atoms with Crippen molar-refractivity contribution in [2.75, 3.05) is 13.2 Å². The predicted octanol–water partition coefficient (Wildman–Crippen LogP) is 12.1. The van der Waals surface area contributed by atoms with Crippen LogP contribution in [0.4, 0.5) is 0 Å². The van der Waals surface area contributed by atoms with Crippen molar-refractivity contribution >= 4 is 11.9 Å². The van der Waals surface area contributed by atoms with Crippen molar-refractivity contribution in [1.82, 2.24) is 0 Å². The van der Waals surface area contributed by atoms with Crippen molar-refractivity contribution in [2.24, 2.45) is 0 Å². The van der Waals surface area contributed by atoms with Crippen molar-refractivity contribution in [3.05, 3.63) is 12.2 Å². The van der Waals surface area contributed by atoms with Crippen LogP contribution in [-0.4, -0.2) is 36.4 Å². The van der Waals surface area contributed by atoms with E-state index in [0.717, 1.165) is 38.5 Å². The Morgan fingerprint density at radius 3 is 1.22 bits per heavy atom. The van der Waals surface area contributed by atoms with Crippen LogP contribution in [0.1, 0.15) is 213 Å². The first-order chi connectivity index (χ1) is 22.1. The zero-order valence-corrected chi connectivity index (χ0v) is 30.1. The van der Waals surface area contributed by atoms with Gasteiger partial charge in [-0.3, -0.25) is 9.59 Å². The van der Waals surface area contributed by atoms with Crippen LogP contribution in [0, 0.1) is 0 Å². The van der Waals surface area contributed by atoms with Crippen molar-refractivity contribution in [1.29, 1.82) is 0 Å². The average Bonchev–Trinajstić information content (AvgIpc) is 3.04. The third kappa shape index (κ3) is 35.3. The van der Waals surface area contributed by atoms with Gasteiger partial charge in [-0.15, -0.1) is 0 Å². The van der Waals surface area contributed by atoms with Gasteiger partial charge in [0.15, 0.2) is 6.10 Å². The molecular formula is C40H76O5. The minimum atomic E-state index is -0.765. The van der Waals surface area contributed by atoms with Crippen molar-refractivity contribution in [2.45, 2.75) is 219 Å². The van der Waals surface area contributed by atoms with E-state index in [0.29, 0.717) is 12.8 Å². The maximum absolute atomic E-state index is 12.2. The number of hydrogen-bond donors (Lipinski definition) is 1. The molecule has 0 amide bonds. The van der Waals surface area contributed by atoms with Gasteiger partial charge in [0.2, 0.25) is 0 Å². The summed E-state index contributed by atoms with van der Waals surface area (Å²) in [6.07, 6.45) is 41.2. The molecule has 1 atom stereocenters. The quantitative estimate of drug-likeness (QED) is 0.0421. The lowest BCUT2D eigenvalue weighted by Gasteiger charge is -2.15. The summed E-state index contributed by atoms with van der Waals surface area (Å²) < 4.78 is 10.6. The van der Waals surface area contributed by atoms with Crippen molar-refractivity contribution in [3.63, 3.8) is 0 Å². The highest BCUT2D eigenvalue weighted by Crippen LogP contribution is 2.15. The second-order valence-electron chi connectivity index (χ2n) is 13.4. The van der Waals surface area contributed by atoms with Crippen LogP contribution in [-0.2, 0) is 19.1 Å². The van der Waals surface area contributed by atoms with Crippen LogP contribution in [0.5, 0.6) is 0 Å². The highest BCUT2D eigenvalue weighted by molar-refractivity contribution is 5.70. The Morgan fingerprint density at radius 2 is 0.822 bits per heavy atom. The summed E-state index contributed by atoms with van der Waals surface area (Å²) in [5.74, 6) is -0.585. The third-order valence-corrected chi connectivity index (χ3v) is 8.81. The van der Waals surface area contributed by atoms with Crippen molar-refractivity contribution < 1.29 is 24.2 Å². The molecule has 0 saturated carbocycles. The van der Waals surface area contributed by atoms with E-state index in [1.54, 1.807) is 0 Å². The van der Waals surface area contributed by atoms with E-state index in [1.807, 2.05) is 0 Å². The van der Waals surface area contributed by atoms with Crippen LogP contribution in [0.2, 0.25) is 0 Å². The molecule has 0 fully saturated rings. The summed E-state index contributed by atoms with van der Waals surface area (Å²) in [6, 6.07) is 0. The Kier molecular flexibility index (Phi) is 36.0. The lowest BCUT2D eigenvalue weighted by molar-refractivity contribution is -0.161. The Labute approximate surface area is 280 Å². The van der Waals surface area contributed by atoms with E-state index in [-0.39, 0.29) is 25.2 Å². The molecule has 0 radical (unpaired) electrons. The van der Waals surface area contributed by atoms with Gasteiger partial charge in [0, 0.05) is 12.8 Å². The molecule has 5 nitrogen and oxygen atoms in total. The summed E-state index contributed by atoms with van der Waals surface area (Å²) in [5, 5.41) is 9.54. The first kappa shape index (κ1) is 43.6. The monoisotopic (exact) mass is 637 g/mol. The van der Waals surface area contributed by atoms with E-state index < -0.39 is 6.10 Å². The molecule has 0 aliphatic carbocycles. The van der Waals surface area contributed by atoms with Gasteiger partial charge in [0.1, 0.15) is 6.61 Å². The van der Waals surface area contributed by atoms with Gasteiger partial charge in [-0.25, -0.2) is 0 Å². The number of aliphatic hydroxyl groups excluding tert-OH is 1. The Bertz CT molecular complexity index is 647. The highest BCUT2D eigenvalue weighted by Gasteiger charge is 2.16. The van der Waals surface area contributed by atoms with Gasteiger partial charge in [-0.05, 0) is 38.5 Å². The normalized spacial score (nSPS) is 12.2. The third-order valence-electron chi connectivity index (χ3n) is 8.81. The maximum Gasteiger partial charge on any atom is 0.306 e. The molecule has 0 saturated heterocycles. The van der Waals surface area contributed by atoms with Gasteiger partial charge in [-0.1, -0.05) is 174 Å². The fourth-order valence-corrected chi connectivity index (χ4v) is 5.78. The second kappa shape index (κ2) is 37.1. The average molecular weight is 637 g/mol. The van der Waals surface area contributed by atoms with Gasteiger partial charge in [0.25, 0.3) is 0 Å². The summed E-state index contributed by atoms with van der Waals surface area (Å²) in [4.78, 5) is 24.2. The van der Waals surface area contributed by atoms with Gasteiger partial charge < -0.3 is 14.6 Å². The summed E-state index contributed by atoms with van der Waals surface area (Å²) in [6.45, 7) is 4.14. The zero-order chi connectivity index (χ0) is 32.9. The highest BCUT2D eigenvalue weighted by atomic mass is 16.6. The maximum atomic E-state index is 12.2. The van der Waals surface area contributed by atoms with Crippen LogP contribution in [0.3, 0.4) is 0 Å². The minimum absolute atomic E-state index is 0.0623. The number of ether oxygens (including phenoxy) is 2. The Balaban J connectivity index is 3.52. The molecule has 266 valence electrons. The largest absolute Gasteiger partial charge is 0.462 e. The molecule has 1 N–H and O–H groups in total. The molecule has 0 spiro atoms. The minimum Gasteiger partial charge on any atom is -0.462 e. The first-order valence-electron chi connectivity index (χ1n) is 19.7. The number of unbranched alkanes of at least 4 members (excludes halogenated alkanes) is 26. The lowest BCUT2D eigenvalue weighted by atomic mass is 10.0. The van der Waals surface area contributed by atoms with Crippen LogP contribution in [0.15, 0.2) is 12.2 Å². The van der Waals surface area contributed by atoms with E-state index in [4.69, 9.17) is 9.47 Å². The molecule has 0 bridgehead atoms. The van der Waals surface area contributed by atoms with Crippen LogP contribution < -0.4 is 0 Å². The number of rotatable bonds is 36. The molecule has 0 aromatic heterocycles. The smallest absolute Gasteiger partial charge is 0.306 e. The Hall–Kier alpha value is -1.36. The number of hydrogen-bond acceptors (Lipinski definition) is 5. The molecule has 0 aliphatic heterocycles. The first-order valence-corrected chi connectivity index (χ1v) is 19.7. The predicted molar refractivity (Wildman–Crippen MR) is 192 cm³/mol. The van der Waals surface area contributed by atoms with E-state index in [9.17, 15) is 14.7 Å². The molecule has 0 rings (SSSR count). The number of aliphatic hydroxyl groups is 1. The fraction of sp³-hybridized carbons (Fsp3) is 0.900. The fourth-order valence-electron chi connectivity index (χ4n) is 5.78. The molecule has 0 aromatic rings. The van der Waals surface area contributed by atoms with Crippen LogP contribution in [0.25, 0.3) is 0 Å². The van der Waals surface area contributed by atoms with E-state index in [2.05, 4.69) is 26.0 Å². The van der Waals surface area contributed by atoms with E-state index >= 15 is 0 Å². The lowest BCUT2D eigenvalue weighted by Crippen LogP contribution is -2.28. The van der Waals surface area contributed by atoms with Gasteiger partial charge in [-0.2, -0.15) is 0 Å². The van der Waals surface area contributed by atoms with Gasteiger partial charge in [0.05, 0.1) is 6.61 Å². The number of esters is 2. The molecule has 45 heavy (non-hydrogen) atoms. The number of allylic oxidation sites excluding steroid dienone is 2. The topological polar surface area (TPSA) is 72.8 Å². The molecular weight excluding hydrogens is 560 g/mol. The summed E-state index contributed by atoms with van der Waals surface area (Å²) in [7, 11) is 0. The standard InChI is InChI=1S/C40H76O5/c1-3-5-7-9-11-13-15-17-19-21-23-25-27-29-31-33-35-40(43)45-38(36-41)37-44-39(42)34-32-30-28-26-24-22-20-18-16-14-12-10-8-6-4-2/h14,16,38,41H,3-13,15,17-37H2,1-2H3/b16-14+/t38-/m0/s1. The molecule has 0 unspecified atom stereocenters. The van der Waals surface area contributed by atoms with Crippen molar-refractivity contribution in [3.8, 4) is 0 Å². The van der Waals surface area contributed by atoms with Crippen LogP contribution >= 0.6 is 0 Å².